The summed E-state index contributed by atoms with van der Waals surface area (Å²) in [5, 5.41) is 12.6. The number of nitrogens with zero attached hydrogens (tertiary/aromatic N) is 3. The number of rotatable bonds is 3. The molecule has 0 spiro atoms. The highest BCUT2D eigenvalue weighted by molar-refractivity contribution is 7.11. The van der Waals surface area contributed by atoms with Gasteiger partial charge in [0.1, 0.15) is 11.1 Å². The quantitative estimate of drug-likeness (QED) is 0.639. The summed E-state index contributed by atoms with van der Waals surface area (Å²) < 4.78 is 2.35. The number of thiazole rings is 1. The summed E-state index contributed by atoms with van der Waals surface area (Å²) in [5.41, 5.74) is 6.83. The molecule has 0 unspecified atom stereocenters. The lowest BCUT2D eigenvalue weighted by molar-refractivity contribution is 0.575. The lowest BCUT2D eigenvalue weighted by Gasteiger charge is -2.14. The Kier molecular flexibility index (Phi) is 4.91. The number of aryl methyl sites for hydroxylation is 1. The molecule has 3 nitrogen and oxygen atoms in total. The summed E-state index contributed by atoms with van der Waals surface area (Å²) in [6.45, 7) is 8.72. The Balaban J connectivity index is 2.00. The van der Waals surface area contributed by atoms with Crippen LogP contribution in [0.3, 0.4) is 0 Å². The zero-order chi connectivity index (χ0) is 17.3. The van der Waals surface area contributed by atoms with Gasteiger partial charge in [-0.25, -0.2) is 4.98 Å². The van der Waals surface area contributed by atoms with E-state index in [1.165, 1.54) is 41.8 Å². The molecule has 4 heteroatoms. The van der Waals surface area contributed by atoms with Crippen LogP contribution in [0.25, 0.3) is 16.8 Å². The van der Waals surface area contributed by atoms with Crippen molar-refractivity contribution in [2.24, 2.45) is 0 Å². The molecule has 1 fully saturated rings. The van der Waals surface area contributed by atoms with Gasteiger partial charge in [0.15, 0.2) is 0 Å². The first-order valence-corrected chi connectivity index (χ1v) is 9.67. The molecule has 0 saturated heterocycles. The largest absolute Gasteiger partial charge is 0.346 e. The minimum absolute atomic E-state index is 0.441. The first-order chi connectivity index (χ1) is 11.5. The Labute approximate surface area is 148 Å². The lowest BCUT2D eigenvalue weighted by atomic mass is 9.91. The Morgan fingerprint density at radius 3 is 2.54 bits per heavy atom. The first-order valence-electron chi connectivity index (χ1n) is 8.79. The summed E-state index contributed by atoms with van der Waals surface area (Å²) in [6, 6.07) is 5.08. The monoisotopic (exact) mass is 339 g/mol. The first kappa shape index (κ1) is 17.0. The number of nitriles is 1. The Hall–Kier alpha value is -1.86. The second-order valence-corrected chi connectivity index (χ2v) is 7.80. The van der Waals surface area contributed by atoms with Crippen molar-refractivity contribution >= 4 is 16.9 Å². The Bertz CT molecular complexity index is 807. The van der Waals surface area contributed by atoms with Gasteiger partial charge in [-0.2, -0.15) is 5.26 Å². The van der Waals surface area contributed by atoms with Crippen LogP contribution in [0.1, 0.15) is 68.4 Å². The molecule has 0 atom stereocenters. The fourth-order valence-corrected chi connectivity index (χ4v) is 4.71. The van der Waals surface area contributed by atoms with E-state index >= 15 is 0 Å². The van der Waals surface area contributed by atoms with Crippen molar-refractivity contribution in [2.45, 2.75) is 65.8 Å². The molecule has 1 aliphatic rings. The van der Waals surface area contributed by atoms with E-state index < -0.39 is 0 Å². The van der Waals surface area contributed by atoms with E-state index in [9.17, 15) is 5.26 Å². The summed E-state index contributed by atoms with van der Waals surface area (Å²) in [4.78, 5) is 4.83. The van der Waals surface area contributed by atoms with E-state index in [0.29, 0.717) is 6.04 Å². The summed E-state index contributed by atoms with van der Waals surface area (Å²) in [5.74, 6) is 0. The maximum Gasteiger partial charge on any atom is 0.134 e. The van der Waals surface area contributed by atoms with Gasteiger partial charge < -0.3 is 4.57 Å². The molecule has 2 aromatic heterocycles. The smallest absolute Gasteiger partial charge is 0.134 e. The zero-order valence-corrected chi connectivity index (χ0v) is 15.8. The van der Waals surface area contributed by atoms with Crippen LogP contribution in [0.15, 0.2) is 17.0 Å². The molecule has 0 radical (unpaired) electrons. The SMILES string of the molecule is Cc1cc(-c2csc(C(C#N)=C3CCCCC3)n2)c(C)n1C(C)C. The minimum Gasteiger partial charge on any atom is -0.346 e. The number of hydrogen-bond donors (Lipinski definition) is 0. The van der Waals surface area contributed by atoms with Crippen LogP contribution in [0.4, 0.5) is 0 Å². The van der Waals surface area contributed by atoms with Crippen molar-refractivity contribution in [1.82, 2.24) is 9.55 Å². The fourth-order valence-electron chi connectivity index (χ4n) is 3.85. The van der Waals surface area contributed by atoms with E-state index in [-0.39, 0.29) is 0 Å². The van der Waals surface area contributed by atoms with Crippen molar-refractivity contribution in [2.75, 3.05) is 0 Å². The van der Waals surface area contributed by atoms with Crippen molar-refractivity contribution in [3.05, 3.63) is 33.4 Å². The topological polar surface area (TPSA) is 41.6 Å². The van der Waals surface area contributed by atoms with Crippen LogP contribution in [0.5, 0.6) is 0 Å². The molecule has 0 amide bonds. The molecule has 3 rings (SSSR count). The van der Waals surface area contributed by atoms with Gasteiger partial charge in [0.2, 0.25) is 0 Å². The van der Waals surface area contributed by atoms with Gasteiger partial charge in [0.25, 0.3) is 0 Å². The van der Waals surface area contributed by atoms with Crippen molar-refractivity contribution < 1.29 is 0 Å². The third-order valence-electron chi connectivity index (χ3n) is 4.92. The van der Waals surface area contributed by atoms with Crippen molar-refractivity contribution in [3.8, 4) is 17.3 Å². The summed E-state index contributed by atoms with van der Waals surface area (Å²) in [7, 11) is 0. The van der Waals surface area contributed by atoms with Crippen LogP contribution < -0.4 is 0 Å². The van der Waals surface area contributed by atoms with E-state index in [1.54, 1.807) is 11.3 Å². The third kappa shape index (κ3) is 3.06. The van der Waals surface area contributed by atoms with Crippen LogP contribution >= 0.6 is 11.3 Å². The molecule has 1 aliphatic carbocycles. The van der Waals surface area contributed by atoms with Gasteiger partial charge in [-0.3, -0.25) is 0 Å². The van der Waals surface area contributed by atoms with Gasteiger partial charge in [0, 0.05) is 28.4 Å². The van der Waals surface area contributed by atoms with Gasteiger partial charge in [-0.15, -0.1) is 11.3 Å². The predicted octanol–water partition coefficient (Wildman–Crippen LogP) is 6.05. The van der Waals surface area contributed by atoms with Gasteiger partial charge in [-0.1, -0.05) is 6.42 Å². The molecule has 0 bridgehead atoms. The molecule has 24 heavy (non-hydrogen) atoms. The molecule has 0 aromatic carbocycles. The lowest BCUT2D eigenvalue weighted by Crippen LogP contribution is -2.04. The van der Waals surface area contributed by atoms with Crippen molar-refractivity contribution in [3.63, 3.8) is 0 Å². The maximum absolute atomic E-state index is 9.64. The molecule has 126 valence electrons. The van der Waals surface area contributed by atoms with Crippen molar-refractivity contribution in [1.29, 1.82) is 5.26 Å². The molecule has 2 heterocycles. The predicted molar refractivity (Wildman–Crippen MR) is 101 cm³/mol. The van der Waals surface area contributed by atoms with Gasteiger partial charge in [-0.05, 0) is 65.0 Å². The molecular formula is C20H25N3S. The molecule has 1 saturated carbocycles. The van der Waals surface area contributed by atoms with E-state index in [1.807, 2.05) is 0 Å². The average molecular weight is 340 g/mol. The number of hydrogen-bond acceptors (Lipinski definition) is 3. The normalized spacial score (nSPS) is 14.9. The van der Waals surface area contributed by atoms with Crippen LogP contribution in [0, 0.1) is 25.2 Å². The highest BCUT2D eigenvalue weighted by Crippen LogP contribution is 2.35. The summed E-state index contributed by atoms with van der Waals surface area (Å²) >= 11 is 1.60. The molecular weight excluding hydrogens is 314 g/mol. The number of aromatic nitrogens is 2. The highest BCUT2D eigenvalue weighted by Gasteiger charge is 2.19. The van der Waals surface area contributed by atoms with Gasteiger partial charge >= 0.3 is 0 Å². The van der Waals surface area contributed by atoms with E-state index in [0.717, 1.165) is 29.1 Å². The van der Waals surface area contributed by atoms with Crippen LogP contribution in [0.2, 0.25) is 0 Å². The minimum atomic E-state index is 0.441. The molecule has 2 aromatic rings. The van der Waals surface area contributed by atoms with Gasteiger partial charge in [0.05, 0.1) is 11.3 Å². The van der Waals surface area contributed by atoms with Crippen LogP contribution in [-0.4, -0.2) is 9.55 Å². The van der Waals surface area contributed by atoms with E-state index in [4.69, 9.17) is 4.98 Å². The van der Waals surface area contributed by atoms with Crippen LogP contribution in [-0.2, 0) is 0 Å². The second kappa shape index (κ2) is 6.94. The average Bonchev–Trinajstić information content (AvgIpc) is 3.14. The molecule has 0 aliphatic heterocycles. The van der Waals surface area contributed by atoms with E-state index in [2.05, 4.69) is 49.8 Å². The second-order valence-electron chi connectivity index (χ2n) is 6.94. The third-order valence-corrected chi connectivity index (χ3v) is 5.78. The zero-order valence-electron chi connectivity index (χ0n) is 15.0. The standard InChI is InChI=1S/C20H25N3S/c1-13(2)23-14(3)10-17(15(23)4)19-12-24-20(22-19)18(11-21)16-8-6-5-7-9-16/h10,12-13H,5-9H2,1-4H3. The highest BCUT2D eigenvalue weighted by atomic mass is 32.1. The maximum atomic E-state index is 9.64. The fraction of sp³-hybridized carbons (Fsp3) is 0.500. The Morgan fingerprint density at radius 1 is 1.25 bits per heavy atom. The molecule has 0 N–H and O–H groups in total. The Morgan fingerprint density at radius 2 is 1.96 bits per heavy atom. The number of allylic oxidation sites excluding steroid dienone is 2. The summed E-state index contributed by atoms with van der Waals surface area (Å²) in [6.07, 6.45) is 5.80.